The molecule has 9 heteroatoms. The van der Waals surface area contributed by atoms with Crippen LogP contribution in [0.2, 0.25) is 10.0 Å². The number of nitrogens with one attached hydrogen (secondary N) is 2. The Balaban J connectivity index is 1.40. The summed E-state index contributed by atoms with van der Waals surface area (Å²) in [4.78, 5) is 19.5. The molecule has 2 aromatic heterocycles. The number of hydrogen-bond acceptors (Lipinski definition) is 4. The van der Waals surface area contributed by atoms with E-state index in [0.717, 1.165) is 28.9 Å². The van der Waals surface area contributed by atoms with E-state index in [1.54, 1.807) is 18.3 Å². The zero-order valence-corrected chi connectivity index (χ0v) is 23.0. The molecule has 1 aliphatic heterocycles. The maximum atomic E-state index is 12.9. The number of aromatic nitrogens is 1. The Morgan fingerprint density at radius 3 is 2.66 bits per heavy atom. The Labute approximate surface area is 237 Å². The van der Waals surface area contributed by atoms with Crippen molar-refractivity contribution in [1.29, 1.82) is 0 Å². The third kappa shape index (κ3) is 5.55. The first-order chi connectivity index (χ1) is 18.4. The van der Waals surface area contributed by atoms with Crippen molar-refractivity contribution in [3.63, 3.8) is 0 Å². The molecule has 6 nitrogen and oxygen atoms in total. The summed E-state index contributed by atoms with van der Waals surface area (Å²) in [6.07, 6.45) is 2.84. The van der Waals surface area contributed by atoms with E-state index in [1.807, 2.05) is 65.6 Å². The van der Waals surface area contributed by atoms with Crippen LogP contribution in [0.3, 0.4) is 0 Å². The van der Waals surface area contributed by atoms with E-state index < -0.39 is 0 Å². The van der Waals surface area contributed by atoms with Gasteiger partial charge >= 0.3 is 0 Å². The highest BCUT2D eigenvalue weighted by molar-refractivity contribution is 7.80. The number of amides is 1. The normalized spacial score (nSPS) is 16.9. The molecule has 3 heterocycles. The summed E-state index contributed by atoms with van der Waals surface area (Å²) in [7, 11) is 0. The van der Waals surface area contributed by atoms with E-state index in [2.05, 4.69) is 22.5 Å². The molecular weight excluding hydrogens is 539 g/mol. The minimum absolute atomic E-state index is 0.0790. The number of aryl methyl sites for hydroxylation is 1. The maximum Gasteiger partial charge on any atom is 0.226 e. The Kier molecular flexibility index (Phi) is 7.98. The number of carbonyl (C=O) groups excluding carboxylic acids is 1. The largest absolute Gasteiger partial charge is 0.459 e. The average Bonchev–Trinajstić information content (AvgIpc) is 3.54. The quantitative estimate of drug-likeness (QED) is 0.220. The molecule has 0 aliphatic carbocycles. The number of carbonyl (C=O) groups is 1. The van der Waals surface area contributed by atoms with Crippen LogP contribution in [-0.4, -0.2) is 27.4 Å². The molecule has 0 radical (unpaired) electrons. The molecule has 2 atom stereocenters. The van der Waals surface area contributed by atoms with Crippen LogP contribution in [-0.2, 0) is 11.2 Å². The lowest BCUT2D eigenvalue weighted by Gasteiger charge is -2.26. The van der Waals surface area contributed by atoms with Crippen molar-refractivity contribution >= 4 is 52.1 Å². The standard InChI is InChI=1S/C29H26Cl2N4O2S/c1-2-18-7-3-4-8-22(18)33-26(36)14-16-35-28(27(34-29(35)38)23-9-5-6-15-32-23)25-13-12-24(37-25)19-10-11-20(30)21(31)17-19/h3-13,15,17,27-28H,2,14,16H2,1H3,(H,33,36)(H,34,38). The van der Waals surface area contributed by atoms with Crippen LogP contribution in [0.1, 0.15) is 42.4 Å². The fraction of sp³-hybridized carbons (Fsp3) is 0.207. The van der Waals surface area contributed by atoms with E-state index in [-0.39, 0.29) is 24.4 Å². The first kappa shape index (κ1) is 26.2. The van der Waals surface area contributed by atoms with Crippen molar-refractivity contribution in [2.75, 3.05) is 11.9 Å². The molecular formula is C29H26Cl2N4O2S. The molecule has 1 amide bonds. The number of furan rings is 1. The summed E-state index contributed by atoms with van der Waals surface area (Å²) in [6, 6.07) is 22.3. The van der Waals surface area contributed by atoms with Crippen molar-refractivity contribution in [1.82, 2.24) is 15.2 Å². The van der Waals surface area contributed by atoms with Gasteiger partial charge in [-0.25, -0.2) is 0 Å². The van der Waals surface area contributed by atoms with Gasteiger partial charge in [0.15, 0.2) is 5.11 Å². The van der Waals surface area contributed by atoms with Gasteiger partial charge in [-0.3, -0.25) is 9.78 Å². The second-order valence-corrected chi connectivity index (χ2v) is 10.2. The minimum Gasteiger partial charge on any atom is -0.459 e. The van der Waals surface area contributed by atoms with E-state index in [1.165, 1.54) is 0 Å². The molecule has 5 rings (SSSR count). The monoisotopic (exact) mass is 564 g/mol. The van der Waals surface area contributed by atoms with Gasteiger partial charge in [-0.2, -0.15) is 0 Å². The molecule has 0 saturated carbocycles. The number of nitrogens with zero attached hydrogens (tertiary/aromatic N) is 2. The summed E-state index contributed by atoms with van der Waals surface area (Å²) in [5, 5.41) is 7.91. The lowest BCUT2D eigenvalue weighted by Crippen LogP contribution is -2.32. The maximum absolute atomic E-state index is 12.9. The first-order valence-electron chi connectivity index (χ1n) is 12.4. The number of halogens is 2. The molecule has 2 N–H and O–H groups in total. The number of benzene rings is 2. The Bertz CT molecular complexity index is 1460. The van der Waals surface area contributed by atoms with Gasteiger partial charge in [0.05, 0.1) is 21.8 Å². The van der Waals surface area contributed by atoms with Crippen LogP contribution in [0.15, 0.2) is 83.4 Å². The van der Waals surface area contributed by atoms with Crippen molar-refractivity contribution in [2.45, 2.75) is 31.8 Å². The molecule has 194 valence electrons. The van der Waals surface area contributed by atoms with Gasteiger partial charge in [0, 0.05) is 30.4 Å². The van der Waals surface area contributed by atoms with E-state index in [9.17, 15) is 4.79 Å². The number of hydrogen-bond donors (Lipinski definition) is 2. The summed E-state index contributed by atoms with van der Waals surface area (Å²) >= 11 is 18.1. The molecule has 38 heavy (non-hydrogen) atoms. The first-order valence-corrected chi connectivity index (χ1v) is 13.5. The second-order valence-electron chi connectivity index (χ2n) is 8.96. The third-order valence-electron chi connectivity index (χ3n) is 6.57. The molecule has 1 saturated heterocycles. The molecule has 1 fully saturated rings. The number of thiocarbonyl (C=S) groups is 1. The van der Waals surface area contributed by atoms with E-state index in [0.29, 0.717) is 33.2 Å². The van der Waals surface area contributed by atoms with Gasteiger partial charge in [-0.1, -0.05) is 54.4 Å². The average molecular weight is 566 g/mol. The van der Waals surface area contributed by atoms with Crippen molar-refractivity contribution in [2.24, 2.45) is 0 Å². The topological polar surface area (TPSA) is 70.4 Å². The van der Waals surface area contributed by atoms with Crippen molar-refractivity contribution in [3.8, 4) is 11.3 Å². The van der Waals surface area contributed by atoms with Gasteiger partial charge in [0.2, 0.25) is 5.91 Å². The van der Waals surface area contributed by atoms with Crippen LogP contribution in [0.5, 0.6) is 0 Å². The van der Waals surface area contributed by atoms with Gasteiger partial charge in [0.1, 0.15) is 17.6 Å². The fourth-order valence-corrected chi connectivity index (χ4v) is 5.29. The van der Waals surface area contributed by atoms with Crippen LogP contribution in [0.4, 0.5) is 5.69 Å². The van der Waals surface area contributed by atoms with Gasteiger partial charge in [0.25, 0.3) is 0 Å². The molecule has 2 unspecified atom stereocenters. The lowest BCUT2D eigenvalue weighted by atomic mass is 10.0. The highest BCUT2D eigenvalue weighted by Crippen LogP contribution is 2.41. The number of pyridine rings is 1. The fourth-order valence-electron chi connectivity index (χ4n) is 4.66. The van der Waals surface area contributed by atoms with Crippen LogP contribution < -0.4 is 10.6 Å². The Morgan fingerprint density at radius 2 is 1.89 bits per heavy atom. The van der Waals surface area contributed by atoms with Crippen LogP contribution >= 0.6 is 35.4 Å². The Morgan fingerprint density at radius 1 is 1.08 bits per heavy atom. The smallest absolute Gasteiger partial charge is 0.226 e. The van der Waals surface area contributed by atoms with Gasteiger partial charge in [-0.15, -0.1) is 0 Å². The van der Waals surface area contributed by atoms with Gasteiger partial charge in [-0.05, 0) is 72.7 Å². The molecule has 2 aromatic carbocycles. The SMILES string of the molecule is CCc1ccccc1NC(=O)CCN1C(=S)NC(c2ccccn2)C1c1ccc(-c2ccc(Cl)c(Cl)c2)o1. The lowest BCUT2D eigenvalue weighted by molar-refractivity contribution is -0.116. The summed E-state index contributed by atoms with van der Waals surface area (Å²) < 4.78 is 6.34. The van der Waals surface area contributed by atoms with Crippen LogP contribution in [0.25, 0.3) is 11.3 Å². The summed E-state index contributed by atoms with van der Waals surface area (Å²) in [6.45, 7) is 2.47. The number of anilines is 1. The highest BCUT2D eigenvalue weighted by Gasteiger charge is 2.41. The van der Waals surface area contributed by atoms with E-state index in [4.69, 9.17) is 39.8 Å². The highest BCUT2D eigenvalue weighted by atomic mass is 35.5. The molecule has 1 aliphatic rings. The zero-order valence-electron chi connectivity index (χ0n) is 20.7. The van der Waals surface area contributed by atoms with E-state index >= 15 is 0 Å². The molecule has 4 aromatic rings. The minimum atomic E-state index is -0.301. The third-order valence-corrected chi connectivity index (χ3v) is 7.66. The second kappa shape index (κ2) is 11.6. The summed E-state index contributed by atoms with van der Waals surface area (Å²) in [5.41, 5.74) is 3.57. The van der Waals surface area contributed by atoms with Gasteiger partial charge < -0.3 is 20.0 Å². The predicted octanol–water partition coefficient (Wildman–Crippen LogP) is 7.21. The van der Waals surface area contributed by atoms with Crippen molar-refractivity contribution < 1.29 is 9.21 Å². The predicted molar refractivity (Wildman–Crippen MR) is 155 cm³/mol. The number of rotatable bonds is 8. The molecule has 0 spiro atoms. The van der Waals surface area contributed by atoms with Crippen LogP contribution in [0, 0.1) is 0 Å². The summed E-state index contributed by atoms with van der Waals surface area (Å²) in [5.74, 6) is 1.28. The number of para-hydroxylation sites is 1. The zero-order chi connectivity index (χ0) is 26.6. The van der Waals surface area contributed by atoms with Crippen molar-refractivity contribution in [3.05, 3.63) is 106 Å². The molecule has 0 bridgehead atoms. The Hall–Kier alpha value is -3.39.